The molecule has 4 heteroatoms. The number of carbonyl (C=O) groups is 1. The van der Waals surface area contributed by atoms with Crippen molar-refractivity contribution in [1.82, 2.24) is 0 Å². The fraction of sp³-hybridized carbons (Fsp3) is 0.417. The summed E-state index contributed by atoms with van der Waals surface area (Å²) in [6.07, 6.45) is 2.78. The SMILES string of the molecule is O=C(O)C1(Oc2cccc(O)c2)CCCC1. The average Bonchev–Trinajstić information content (AvgIpc) is 2.67. The summed E-state index contributed by atoms with van der Waals surface area (Å²) in [6, 6.07) is 6.25. The lowest BCUT2D eigenvalue weighted by atomic mass is 10.0. The standard InChI is InChI=1S/C12H14O4/c13-9-4-3-5-10(8-9)16-12(11(14)15)6-1-2-7-12/h3-5,8,13H,1-2,6-7H2,(H,14,15). The molecule has 1 aliphatic carbocycles. The number of aromatic hydroxyl groups is 1. The Morgan fingerprint density at radius 3 is 2.56 bits per heavy atom. The zero-order valence-electron chi connectivity index (χ0n) is 8.85. The molecule has 0 heterocycles. The zero-order valence-corrected chi connectivity index (χ0v) is 8.85. The van der Waals surface area contributed by atoms with E-state index in [1.54, 1.807) is 12.1 Å². The minimum Gasteiger partial charge on any atom is -0.508 e. The largest absolute Gasteiger partial charge is 0.508 e. The van der Waals surface area contributed by atoms with Gasteiger partial charge in [-0.3, -0.25) is 0 Å². The number of phenols is 1. The molecule has 0 atom stereocenters. The second-order valence-corrected chi connectivity index (χ2v) is 4.11. The summed E-state index contributed by atoms with van der Waals surface area (Å²) in [7, 11) is 0. The molecule has 0 saturated heterocycles. The molecule has 4 nitrogen and oxygen atoms in total. The zero-order chi connectivity index (χ0) is 11.6. The van der Waals surface area contributed by atoms with Gasteiger partial charge in [-0.25, -0.2) is 4.79 Å². The summed E-state index contributed by atoms with van der Waals surface area (Å²) in [5, 5.41) is 18.5. The highest BCUT2D eigenvalue weighted by atomic mass is 16.5. The van der Waals surface area contributed by atoms with E-state index in [0.717, 1.165) is 12.8 Å². The maximum atomic E-state index is 11.2. The molecule has 16 heavy (non-hydrogen) atoms. The Balaban J connectivity index is 2.21. The summed E-state index contributed by atoms with van der Waals surface area (Å²) in [4.78, 5) is 11.2. The number of phenolic OH excluding ortho intramolecular Hbond substituents is 1. The molecule has 1 aromatic rings. The first-order valence-corrected chi connectivity index (χ1v) is 5.34. The molecule has 1 fully saturated rings. The maximum absolute atomic E-state index is 11.2. The Morgan fingerprint density at radius 1 is 1.31 bits per heavy atom. The lowest BCUT2D eigenvalue weighted by Gasteiger charge is -2.25. The van der Waals surface area contributed by atoms with Gasteiger partial charge in [0.1, 0.15) is 11.5 Å². The smallest absolute Gasteiger partial charge is 0.348 e. The Hall–Kier alpha value is -1.71. The van der Waals surface area contributed by atoms with Gasteiger partial charge in [0.05, 0.1) is 0 Å². The van der Waals surface area contributed by atoms with Crippen molar-refractivity contribution in [2.45, 2.75) is 31.3 Å². The van der Waals surface area contributed by atoms with Crippen molar-refractivity contribution in [3.05, 3.63) is 24.3 Å². The molecule has 2 N–H and O–H groups in total. The topological polar surface area (TPSA) is 66.8 Å². The normalized spacial score (nSPS) is 18.2. The number of hydrogen-bond acceptors (Lipinski definition) is 3. The van der Waals surface area contributed by atoms with Crippen LogP contribution in [-0.2, 0) is 4.79 Å². The van der Waals surface area contributed by atoms with Crippen LogP contribution in [-0.4, -0.2) is 21.8 Å². The highest BCUT2D eigenvalue weighted by Crippen LogP contribution is 2.35. The van der Waals surface area contributed by atoms with Crippen LogP contribution in [0.5, 0.6) is 11.5 Å². The summed E-state index contributed by atoms with van der Waals surface area (Å²) in [6.45, 7) is 0. The Kier molecular flexibility index (Phi) is 2.73. The van der Waals surface area contributed by atoms with E-state index in [4.69, 9.17) is 4.74 Å². The second-order valence-electron chi connectivity index (χ2n) is 4.11. The molecule has 2 rings (SSSR count). The molecular formula is C12H14O4. The molecule has 0 amide bonds. The highest BCUT2D eigenvalue weighted by molar-refractivity contribution is 5.78. The molecule has 0 radical (unpaired) electrons. The molecule has 0 unspecified atom stereocenters. The van der Waals surface area contributed by atoms with Crippen molar-refractivity contribution in [2.75, 3.05) is 0 Å². The third-order valence-electron chi connectivity index (χ3n) is 2.93. The summed E-state index contributed by atoms with van der Waals surface area (Å²) < 4.78 is 5.55. The molecular weight excluding hydrogens is 208 g/mol. The molecule has 0 aliphatic heterocycles. The first-order valence-electron chi connectivity index (χ1n) is 5.34. The van der Waals surface area contributed by atoms with Gasteiger partial charge >= 0.3 is 5.97 Å². The maximum Gasteiger partial charge on any atom is 0.348 e. The van der Waals surface area contributed by atoms with E-state index in [2.05, 4.69) is 0 Å². The van der Waals surface area contributed by atoms with Crippen LogP contribution >= 0.6 is 0 Å². The van der Waals surface area contributed by atoms with Crippen LogP contribution in [0.1, 0.15) is 25.7 Å². The van der Waals surface area contributed by atoms with Gasteiger partial charge in [-0.1, -0.05) is 6.07 Å². The van der Waals surface area contributed by atoms with Gasteiger partial charge in [-0.15, -0.1) is 0 Å². The van der Waals surface area contributed by atoms with Crippen molar-refractivity contribution in [3.8, 4) is 11.5 Å². The lowest BCUT2D eigenvalue weighted by Crippen LogP contribution is -2.41. The number of aliphatic carboxylic acids is 1. The van der Waals surface area contributed by atoms with E-state index in [1.807, 2.05) is 0 Å². The summed E-state index contributed by atoms with van der Waals surface area (Å²) >= 11 is 0. The lowest BCUT2D eigenvalue weighted by molar-refractivity contribution is -0.154. The van der Waals surface area contributed by atoms with E-state index >= 15 is 0 Å². The molecule has 0 bridgehead atoms. The number of carboxylic acid groups (broad SMARTS) is 1. The van der Waals surface area contributed by atoms with Gasteiger partial charge in [0.15, 0.2) is 0 Å². The molecule has 1 aromatic carbocycles. The number of benzene rings is 1. The number of carboxylic acids is 1. The predicted molar refractivity (Wildman–Crippen MR) is 57.6 cm³/mol. The van der Waals surface area contributed by atoms with E-state index in [-0.39, 0.29) is 5.75 Å². The molecule has 0 aromatic heterocycles. The third-order valence-corrected chi connectivity index (χ3v) is 2.93. The fourth-order valence-electron chi connectivity index (χ4n) is 2.08. The highest BCUT2D eigenvalue weighted by Gasteiger charge is 2.43. The Bertz CT molecular complexity index is 394. The van der Waals surface area contributed by atoms with Crippen molar-refractivity contribution >= 4 is 5.97 Å². The van der Waals surface area contributed by atoms with E-state index in [1.165, 1.54) is 12.1 Å². The van der Waals surface area contributed by atoms with E-state index in [0.29, 0.717) is 18.6 Å². The van der Waals surface area contributed by atoms with Crippen molar-refractivity contribution in [3.63, 3.8) is 0 Å². The molecule has 1 aliphatic rings. The van der Waals surface area contributed by atoms with Crippen LogP contribution in [0.25, 0.3) is 0 Å². The van der Waals surface area contributed by atoms with Gasteiger partial charge in [0, 0.05) is 6.07 Å². The summed E-state index contributed by atoms with van der Waals surface area (Å²) in [5.41, 5.74) is -1.10. The predicted octanol–water partition coefficient (Wildman–Crippen LogP) is 2.17. The Morgan fingerprint density at radius 2 is 2.00 bits per heavy atom. The number of ether oxygens (including phenoxy) is 1. The minimum atomic E-state index is -1.10. The van der Waals surface area contributed by atoms with Crippen molar-refractivity contribution in [1.29, 1.82) is 0 Å². The summed E-state index contributed by atoms with van der Waals surface area (Å²) in [5.74, 6) is -0.436. The minimum absolute atomic E-state index is 0.0797. The first kappa shape index (κ1) is 10.8. The van der Waals surface area contributed by atoms with E-state index in [9.17, 15) is 15.0 Å². The van der Waals surface area contributed by atoms with Crippen LogP contribution in [0.15, 0.2) is 24.3 Å². The third kappa shape index (κ3) is 1.96. The second kappa shape index (κ2) is 4.04. The van der Waals surface area contributed by atoms with Gasteiger partial charge in [-0.05, 0) is 37.8 Å². The van der Waals surface area contributed by atoms with Gasteiger partial charge in [0.25, 0.3) is 0 Å². The van der Waals surface area contributed by atoms with Crippen molar-refractivity contribution in [2.24, 2.45) is 0 Å². The van der Waals surface area contributed by atoms with Crippen LogP contribution in [0.4, 0.5) is 0 Å². The van der Waals surface area contributed by atoms with Crippen LogP contribution < -0.4 is 4.74 Å². The van der Waals surface area contributed by atoms with Crippen molar-refractivity contribution < 1.29 is 19.7 Å². The quantitative estimate of drug-likeness (QED) is 0.822. The van der Waals surface area contributed by atoms with E-state index < -0.39 is 11.6 Å². The Labute approximate surface area is 93.5 Å². The molecule has 86 valence electrons. The number of hydrogen-bond donors (Lipinski definition) is 2. The van der Waals surface area contributed by atoms with Crippen LogP contribution in [0.2, 0.25) is 0 Å². The number of rotatable bonds is 3. The van der Waals surface area contributed by atoms with Gasteiger partial charge in [-0.2, -0.15) is 0 Å². The average molecular weight is 222 g/mol. The van der Waals surface area contributed by atoms with Crippen LogP contribution in [0.3, 0.4) is 0 Å². The fourth-order valence-corrected chi connectivity index (χ4v) is 2.08. The first-order chi connectivity index (χ1) is 7.62. The van der Waals surface area contributed by atoms with Gasteiger partial charge < -0.3 is 14.9 Å². The van der Waals surface area contributed by atoms with Crippen LogP contribution in [0, 0.1) is 0 Å². The monoisotopic (exact) mass is 222 g/mol. The van der Waals surface area contributed by atoms with Gasteiger partial charge in [0.2, 0.25) is 5.60 Å². The molecule has 1 saturated carbocycles. The molecule has 0 spiro atoms.